The van der Waals surface area contributed by atoms with Gasteiger partial charge in [-0.25, -0.2) is 4.99 Å². The third kappa shape index (κ3) is 2.58. The van der Waals surface area contributed by atoms with Crippen LogP contribution in [0.2, 0.25) is 0 Å². The van der Waals surface area contributed by atoms with Crippen LogP contribution in [-0.4, -0.2) is 15.3 Å². The highest BCUT2D eigenvalue weighted by molar-refractivity contribution is 5.70. The lowest BCUT2D eigenvalue weighted by Crippen LogP contribution is -2.30. The summed E-state index contributed by atoms with van der Waals surface area (Å²) in [6.07, 6.45) is 0. The van der Waals surface area contributed by atoms with E-state index in [9.17, 15) is 24.9 Å². The molecular weight excluding hydrogens is 312 g/mol. The quantitative estimate of drug-likeness (QED) is 0.427. The smallest absolute Gasteiger partial charge is 0.257 e. The maximum atomic E-state index is 12.1. The molecule has 0 saturated carbocycles. The predicted octanol–water partition coefficient (Wildman–Crippen LogP) is 1.38. The van der Waals surface area contributed by atoms with Crippen molar-refractivity contribution in [2.75, 3.05) is 5.32 Å². The van der Waals surface area contributed by atoms with Gasteiger partial charge in [-0.2, -0.15) is 0 Å². The average Bonchev–Trinajstić information content (AvgIpc) is 2.76. The van der Waals surface area contributed by atoms with E-state index in [1.807, 2.05) is 0 Å². The van der Waals surface area contributed by atoms with Crippen molar-refractivity contribution in [2.24, 2.45) is 4.99 Å². The third-order valence-corrected chi connectivity index (χ3v) is 3.39. The van der Waals surface area contributed by atoms with Gasteiger partial charge in [-0.15, -0.1) is 0 Å². The van der Waals surface area contributed by atoms with Crippen LogP contribution >= 0.6 is 0 Å². The molecule has 24 heavy (non-hydrogen) atoms. The van der Waals surface area contributed by atoms with Crippen LogP contribution in [-0.2, 0) is 0 Å². The van der Waals surface area contributed by atoms with Crippen molar-refractivity contribution in [1.29, 1.82) is 0 Å². The lowest BCUT2D eigenvalue weighted by molar-refractivity contribution is 0.470. The Labute approximate surface area is 135 Å². The Balaban J connectivity index is 2.16. The molecule has 0 bridgehead atoms. The molecule has 3 aromatic carbocycles. The number of hydrogen-bond donors (Lipinski definition) is 4. The summed E-state index contributed by atoms with van der Waals surface area (Å²) in [5.74, 6) is -0.985. The van der Waals surface area contributed by atoms with Crippen LogP contribution in [0.25, 0.3) is 0 Å². The molecule has 7 heteroatoms. The van der Waals surface area contributed by atoms with Crippen molar-refractivity contribution >= 4 is 17.1 Å². The number of rotatable bonds is 3. The average molecular weight is 324 g/mol. The fraction of sp³-hybridized carbons (Fsp3) is 0. The fourth-order valence-corrected chi connectivity index (χ4v) is 2.17. The standard InChI is InChI=1S/C17H12N2O5/c20-11-7-3-1-5-9(11)18-13-15(22)14(17(24)16(13)23)19-10-6-2-4-8-12(10)21/h1-8,18,20-22H. The van der Waals surface area contributed by atoms with Gasteiger partial charge < -0.3 is 20.6 Å². The van der Waals surface area contributed by atoms with Gasteiger partial charge in [-0.1, -0.05) is 24.3 Å². The number of anilines is 2. The Morgan fingerprint density at radius 1 is 0.792 bits per heavy atom. The predicted molar refractivity (Wildman–Crippen MR) is 87.7 cm³/mol. The van der Waals surface area contributed by atoms with Crippen LogP contribution in [0, 0.1) is 0 Å². The Morgan fingerprint density at radius 3 is 2.08 bits per heavy atom. The van der Waals surface area contributed by atoms with Gasteiger partial charge in [0.15, 0.2) is 11.1 Å². The van der Waals surface area contributed by atoms with Gasteiger partial charge in [-0.3, -0.25) is 9.59 Å². The van der Waals surface area contributed by atoms with E-state index < -0.39 is 22.0 Å². The minimum atomic E-state index is -1.01. The summed E-state index contributed by atoms with van der Waals surface area (Å²) < 4.78 is 0. The van der Waals surface area contributed by atoms with Crippen LogP contribution in [0.1, 0.15) is 0 Å². The number of nitrogens with one attached hydrogen (secondary N) is 1. The maximum absolute atomic E-state index is 12.1. The second-order valence-electron chi connectivity index (χ2n) is 4.97. The Bertz CT molecular complexity index is 1070. The van der Waals surface area contributed by atoms with Gasteiger partial charge in [0, 0.05) is 0 Å². The van der Waals surface area contributed by atoms with E-state index in [4.69, 9.17) is 0 Å². The number of aromatic hydroxyl groups is 3. The van der Waals surface area contributed by atoms with Gasteiger partial charge in [0.1, 0.15) is 22.9 Å². The van der Waals surface area contributed by atoms with Crippen molar-refractivity contribution < 1.29 is 15.3 Å². The Morgan fingerprint density at radius 2 is 1.42 bits per heavy atom. The maximum Gasteiger partial charge on any atom is 0.257 e. The van der Waals surface area contributed by atoms with Crippen LogP contribution in [0.3, 0.4) is 0 Å². The van der Waals surface area contributed by atoms with Crippen LogP contribution in [0.5, 0.6) is 17.2 Å². The monoisotopic (exact) mass is 324 g/mol. The normalized spacial score (nSPS) is 11.6. The topological polar surface area (TPSA) is 119 Å². The first-order valence-corrected chi connectivity index (χ1v) is 6.93. The third-order valence-electron chi connectivity index (χ3n) is 3.39. The highest BCUT2D eigenvalue weighted by Gasteiger charge is 2.19. The molecule has 0 aliphatic rings. The lowest BCUT2D eigenvalue weighted by atomic mass is 10.3. The molecule has 0 unspecified atom stereocenters. The molecule has 0 saturated heterocycles. The summed E-state index contributed by atoms with van der Waals surface area (Å²) >= 11 is 0. The van der Waals surface area contributed by atoms with E-state index in [1.165, 1.54) is 24.3 Å². The largest absolute Gasteiger partial charge is 0.506 e. The second kappa shape index (κ2) is 5.88. The first-order chi connectivity index (χ1) is 11.5. The summed E-state index contributed by atoms with van der Waals surface area (Å²) in [7, 11) is 0. The first kappa shape index (κ1) is 15.3. The number of para-hydroxylation sites is 4. The zero-order chi connectivity index (χ0) is 17.3. The zero-order valence-corrected chi connectivity index (χ0v) is 12.2. The van der Waals surface area contributed by atoms with Crippen molar-refractivity contribution in [2.45, 2.75) is 0 Å². The number of hydrogen-bond acceptors (Lipinski definition) is 7. The molecule has 0 fully saturated rings. The molecule has 3 aromatic rings. The molecule has 0 aliphatic heterocycles. The molecule has 3 rings (SSSR count). The van der Waals surface area contributed by atoms with Crippen molar-refractivity contribution in [3.8, 4) is 17.2 Å². The second-order valence-corrected chi connectivity index (χ2v) is 4.97. The van der Waals surface area contributed by atoms with E-state index in [-0.39, 0.29) is 28.6 Å². The van der Waals surface area contributed by atoms with Gasteiger partial charge >= 0.3 is 0 Å². The van der Waals surface area contributed by atoms with Gasteiger partial charge in [0.05, 0.1) is 5.69 Å². The Kier molecular flexibility index (Phi) is 3.75. The number of phenolic OH excluding ortho intramolecular Hbond substituents is 2. The molecule has 7 nitrogen and oxygen atoms in total. The molecule has 4 N–H and O–H groups in total. The fourth-order valence-electron chi connectivity index (χ4n) is 2.17. The lowest BCUT2D eigenvalue weighted by Gasteiger charge is -2.05. The van der Waals surface area contributed by atoms with E-state index in [0.717, 1.165) is 0 Å². The van der Waals surface area contributed by atoms with E-state index >= 15 is 0 Å². The van der Waals surface area contributed by atoms with E-state index in [2.05, 4.69) is 10.3 Å². The zero-order valence-electron chi connectivity index (χ0n) is 12.2. The van der Waals surface area contributed by atoms with Crippen molar-refractivity contribution in [3.63, 3.8) is 0 Å². The molecular formula is C17H12N2O5. The van der Waals surface area contributed by atoms with Crippen molar-refractivity contribution in [3.05, 3.63) is 74.3 Å². The van der Waals surface area contributed by atoms with Crippen LogP contribution in [0.15, 0.2) is 63.1 Å². The van der Waals surface area contributed by atoms with Gasteiger partial charge in [0.2, 0.25) is 0 Å². The van der Waals surface area contributed by atoms with Crippen LogP contribution < -0.4 is 21.5 Å². The molecule has 0 atom stereocenters. The van der Waals surface area contributed by atoms with Gasteiger partial charge in [0.25, 0.3) is 10.9 Å². The molecule has 0 heterocycles. The summed E-state index contributed by atoms with van der Waals surface area (Å²) in [5.41, 5.74) is -2.16. The Hall–Kier alpha value is -3.61. The molecule has 0 aromatic heterocycles. The molecule has 0 amide bonds. The minimum absolute atomic E-state index is 0.0454. The first-order valence-electron chi connectivity index (χ1n) is 6.93. The summed E-state index contributed by atoms with van der Waals surface area (Å²) in [6, 6.07) is 12.0. The van der Waals surface area contributed by atoms with E-state index in [1.54, 1.807) is 24.3 Å². The highest BCUT2D eigenvalue weighted by atomic mass is 16.3. The van der Waals surface area contributed by atoms with E-state index in [0.29, 0.717) is 0 Å². The van der Waals surface area contributed by atoms with Gasteiger partial charge in [-0.05, 0) is 24.3 Å². The number of benzene rings is 2. The van der Waals surface area contributed by atoms with Crippen molar-refractivity contribution in [1.82, 2.24) is 0 Å². The SMILES string of the molecule is O=c1c(Nc2ccccc2O)c(O)c(=Nc2ccccc2O)c1=O. The summed E-state index contributed by atoms with van der Waals surface area (Å²) in [4.78, 5) is 28.0. The molecule has 0 radical (unpaired) electrons. The summed E-state index contributed by atoms with van der Waals surface area (Å²) in [5, 5.41) is 31.7. The summed E-state index contributed by atoms with van der Waals surface area (Å²) in [6.45, 7) is 0. The minimum Gasteiger partial charge on any atom is -0.506 e. The highest BCUT2D eigenvalue weighted by Crippen LogP contribution is 2.28. The number of phenols is 2. The van der Waals surface area contributed by atoms with Crippen LogP contribution in [0.4, 0.5) is 17.1 Å². The molecule has 0 spiro atoms. The molecule has 120 valence electrons. The molecule has 0 aliphatic carbocycles. The number of nitrogens with zero attached hydrogens (tertiary/aromatic N) is 1.